The molecule has 3 heterocycles. The second kappa shape index (κ2) is 5.07. The van der Waals surface area contributed by atoms with Crippen LogP contribution in [0.1, 0.15) is 28.5 Å². The Labute approximate surface area is 136 Å². The van der Waals surface area contributed by atoms with E-state index in [1.165, 1.54) is 0 Å². The SMILES string of the molecule is O=C1c2ccccc2C2N1CCCN2c1nc(Cl)nc(Cl)n1. The fraction of sp³-hybridized carbons (Fsp3) is 0.286. The quantitative estimate of drug-likeness (QED) is 0.801. The van der Waals surface area contributed by atoms with Crippen molar-refractivity contribution in [2.75, 3.05) is 18.0 Å². The van der Waals surface area contributed by atoms with E-state index in [1.807, 2.05) is 34.1 Å². The van der Waals surface area contributed by atoms with E-state index in [4.69, 9.17) is 23.2 Å². The summed E-state index contributed by atoms with van der Waals surface area (Å²) in [7, 11) is 0. The Morgan fingerprint density at radius 1 is 1.00 bits per heavy atom. The van der Waals surface area contributed by atoms with Gasteiger partial charge in [0.25, 0.3) is 5.91 Å². The topological polar surface area (TPSA) is 62.2 Å². The Bertz CT molecular complexity index is 748. The van der Waals surface area contributed by atoms with Crippen molar-refractivity contribution in [3.8, 4) is 0 Å². The zero-order valence-electron chi connectivity index (χ0n) is 11.4. The van der Waals surface area contributed by atoms with Gasteiger partial charge in [0.1, 0.15) is 6.17 Å². The lowest BCUT2D eigenvalue weighted by Gasteiger charge is -2.40. The number of hydrogen-bond donors (Lipinski definition) is 0. The van der Waals surface area contributed by atoms with Crippen LogP contribution in [-0.4, -0.2) is 38.8 Å². The van der Waals surface area contributed by atoms with E-state index in [-0.39, 0.29) is 22.6 Å². The highest BCUT2D eigenvalue weighted by Crippen LogP contribution is 2.40. The predicted molar refractivity (Wildman–Crippen MR) is 82.0 cm³/mol. The number of anilines is 1. The van der Waals surface area contributed by atoms with Gasteiger partial charge in [-0.05, 0) is 35.7 Å². The lowest BCUT2D eigenvalue weighted by Crippen LogP contribution is -2.47. The number of fused-ring (bicyclic) bond motifs is 3. The van der Waals surface area contributed by atoms with Crippen molar-refractivity contribution in [2.24, 2.45) is 0 Å². The minimum absolute atomic E-state index is 0.0385. The number of aromatic nitrogens is 3. The molecule has 1 atom stereocenters. The van der Waals surface area contributed by atoms with Crippen molar-refractivity contribution in [3.63, 3.8) is 0 Å². The van der Waals surface area contributed by atoms with Gasteiger partial charge in [-0.1, -0.05) is 18.2 Å². The number of amides is 1. The van der Waals surface area contributed by atoms with Gasteiger partial charge in [0.05, 0.1) is 0 Å². The highest BCUT2D eigenvalue weighted by Gasteiger charge is 2.43. The Kier molecular flexibility index (Phi) is 3.16. The Balaban J connectivity index is 1.83. The van der Waals surface area contributed by atoms with Gasteiger partial charge in [-0.3, -0.25) is 4.79 Å². The average molecular weight is 336 g/mol. The molecule has 0 aliphatic carbocycles. The predicted octanol–water partition coefficient (Wildman–Crippen LogP) is 2.54. The van der Waals surface area contributed by atoms with E-state index < -0.39 is 0 Å². The van der Waals surface area contributed by atoms with Crippen molar-refractivity contribution in [1.82, 2.24) is 19.9 Å². The van der Waals surface area contributed by atoms with E-state index in [1.54, 1.807) is 0 Å². The maximum Gasteiger partial charge on any atom is 0.256 e. The van der Waals surface area contributed by atoms with Crippen LogP contribution in [-0.2, 0) is 0 Å². The summed E-state index contributed by atoms with van der Waals surface area (Å²) in [5, 5.41) is 0.0921. The number of benzene rings is 1. The van der Waals surface area contributed by atoms with E-state index >= 15 is 0 Å². The first-order chi connectivity index (χ1) is 10.6. The lowest BCUT2D eigenvalue weighted by atomic mass is 10.1. The molecule has 2 aliphatic rings. The normalized spacial score (nSPS) is 20.1. The number of carbonyl (C=O) groups is 1. The molecule has 0 spiro atoms. The minimum atomic E-state index is -0.216. The molecule has 1 unspecified atom stereocenters. The van der Waals surface area contributed by atoms with Crippen molar-refractivity contribution < 1.29 is 4.79 Å². The molecular weight excluding hydrogens is 325 g/mol. The smallest absolute Gasteiger partial charge is 0.256 e. The molecule has 6 nitrogen and oxygen atoms in total. The highest BCUT2D eigenvalue weighted by molar-refractivity contribution is 6.31. The molecule has 2 aromatic rings. The van der Waals surface area contributed by atoms with Crippen LogP contribution in [0.5, 0.6) is 0 Å². The Morgan fingerprint density at radius 2 is 1.68 bits per heavy atom. The Morgan fingerprint density at radius 3 is 2.45 bits per heavy atom. The first-order valence-corrected chi connectivity index (χ1v) is 7.64. The van der Waals surface area contributed by atoms with Crippen molar-refractivity contribution >= 4 is 35.1 Å². The standard InChI is InChI=1S/C14H11Cl2N5O/c15-12-17-13(16)19-14(18-12)21-7-3-6-20-10(21)8-4-1-2-5-9(8)11(20)22/h1-2,4-5,10H,3,6-7H2. The summed E-state index contributed by atoms with van der Waals surface area (Å²) in [4.78, 5) is 28.4. The van der Waals surface area contributed by atoms with Gasteiger partial charge in [-0.2, -0.15) is 15.0 Å². The molecule has 2 aliphatic heterocycles. The van der Waals surface area contributed by atoms with Crippen molar-refractivity contribution in [2.45, 2.75) is 12.6 Å². The molecule has 0 N–H and O–H groups in total. The van der Waals surface area contributed by atoms with Crippen LogP contribution in [0.4, 0.5) is 5.95 Å². The number of halogens is 2. The maximum absolute atomic E-state index is 12.5. The summed E-state index contributed by atoms with van der Waals surface area (Å²) in [6.45, 7) is 1.43. The molecule has 1 aromatic heterocycles. The summed E-state index contributed by atoms with van der Waals surface area (Å²) < 4.78 is 0. The molecule has 0 saturated carbocycles. The third-order valence-corrected chi connectivity index (χ3v) is 4.28. The third-order valence-electron chi connectivity index (χ3n) is 3.94. The summed E-state index contributed by atoms with van der Waals surface area (Å²) in [6.07, 6.45) is 0.615. The van der Waals surface area contributed by atoms with Crippen molar-refractivity contribution in [1.29, 1.82) is 0 Å². The molecule has 1 amide bonds. The number of nitrogens with zero attached hydrogens (tertiary/aromatic N) is 5. The molecule has 4 rings (SSSR count). The molecule has 1 saturated heterocycles. The molecule has 112 valence electrons. The maximum atomic E-state index is 12.5. The van der Waals surface area contributed by atoms with Gasteiger partial charge in [-0.15, -0.1) is 0 Å². The first-order valence-electron chi connectivity index (χ1n) is 6.89. The van der Waals surface area contributed by atoms with Crippen LogP contribution in [0.2, 0.25) is 10.6 Å². The average Bonchev–Trinajstić information content (AvgIpc) is 2.80. The second-order valence-electron chi connectivity index (χ2n) is 5.18. The van der Waals surface area contributed by atoms with Gasteiger partial charge >= 0.3 is 0 Å². The molecule has 1 fully saturated rings. The summed E-state index contributed by atoms with van der Waals surface area (Å²) in [5.41, 5.74) is 1.69. The van der Waals surface area contributed by atoms with Gasteiger partial charge < -0.3 is 9.80 Å². The van der Waals surface area contributed by atoms with Gasteiger partial charge in [0.2, 0.25) is 16.5 Å². The van der Waals surface area contributed by atoms with E-state index in [9.17, 15) is 4.79 Å². The number of hydrogen-bond acceptors (Lipinski definition) is 5. The lowest BCUT2D eigenvalue weighted by molar-refractivity contribution is 0.0685. The molecule has 8 heteroatoms. The van der Waals surface area contributed by atoms with Crippen molar-refractivity contribution in [3.05, 3.63) is 46.0 Å². The summed E-state index contributed by atoms with van der Waals surface area (Å²) in [6, 6.07) is 7.61. The Hall–Kier alpha value is -1.92. The zero-order valence-corrected chi connectivity index (χ0v) is 12.9. The molecule has 0 bridgehead atoms. The summed E-state index contributed by atoms with van der Waals surface area (Å²) >= 11 is 11.8. The fourth-order valence-electron chi connectivity index (χ4n) is 3.10. The van der Waals surface area contributed by atoms with Crippen LogP contribution < -0.4 is 4.90 Å². The first kappa shape index (κ1) is 13.7. The molecular formula is C14H11Cl2N5O. The van der Waals surface area contributed by atoms with E-state index in [0.29, 0.717) is 12.5 Å². The summed E-state index contributed by atoms with van der Waals surface area (Å²) in [5.74, 6) is 0.431. The monoisotopic (exact) mass is 335 g/mol. The number of rotatable bonds is 1. The van der Waals surface area contributed by atoms with Gasteiger partial charge in [0, 0.05) is 24.2 Å². The van der Waals surface area contributed by atoms with Gasteiger partial charge in [0.15, 0.2) is 0 Å². The van der Waals surface area contributed by atoms with Crippen LogP contribution >= 0.6 is 23.2 Å². The van der Waals surface area contributed by atoms with Crippen LogP contribution in [0.25, 0.3) is 0 Å². The van der Waals surface area contributed by atoms with E-state index in [2.05, 4.69) is 15.0 Å². The van der Waals surface area contributed by atoms with E-state index in [0.717, 1.165) is 24.1 Å². The van der Waals surface area contributed by atoms with Crippen LogP contribution in [0.15, 0.2) is 24.3 Å². The van der Waals surface area contributed by atoms with Crippen LogP contribution in [0, 0.1) is 0 Å². The number of carbonyl (C=O) groups excluding carboxylic acids is 1. The van der Waals surface area contributed by atoms with Crippen LogP contribution in [0.3, 0.4) is 0 Å². The second-order valence-corrected chi connectivity index (χ2v) is 5.86. The molecule has 22 heavy (non-hydrogen) atoms. The zero-order chi connectivity index (χ0) is 15.3. The fourth-order valence-corrected chi connectivity index (χ4v) is 3.45. The largest absolute Gasteiger partial charge is 0.316 e. The highest BCUT2D eigenvalue weighted by atomic mass is 35.5. The molecule has 1 aromatic carbocycles. The third kappa shape index (κ3) is 2.02. The molecule has 0 radical (unpaired) electrons. The van der Waals surface area contributed by atoms with Gasteiger partial charge in [-0.25, -0.2) is 0 Å². The minimum Gasteiger partial charge on any atom is -0.316 e.